The third-order valence-electron chi connectivity index (χ3n) is 2.97. The first-order chi connectivity index (χ1) is 8.88. The van der Waals surface area contributed by atoms with Gasteiger partial charge in [-0.3, -0.25) is 4.21 Å². The molecule has 0 spiro atoms. The van der Waals surface area contributed by atoms with Crippen molar-refractivity contribution in [1.82, 2.24) is 5.32 Å². The fraction of sp³-hybridized carbons (Fsp3) is 0.600. The molecule has 0 aliphatic rings. The second-order valence-electron chi connectivity index (χ2n) is 5.51. The largest absolute Gasteiger partial charge is 0.497 e. The van der Waals surface area contributed by atoms with Crippen LogP contribution < -0.4 is 10.1 Å². The van der Waals surface area contributed by atoms with E-state index in [1.807, 2.05) is 45.0 Å². The molecule has 1 aromatic rings. The SMILES string of the molecule is CCNC(CS(=O)C(C)(C)C)c1ccc(OC)cc1. The van der Waals surface area contributed by atoms with Gasteiger partial charge in [0.05, 0.1) is 7.11 Å². The van der Waals surface area contributed by atoms with Crippen molar-refractivity contribution in [3.8, 4) is 5.75 Å². The highest BCUT2D eigenvalue weighted by Crippen LogP contribution is 2.22. The van der Waals surface area contributed by atoms with Crippen molar-refractivity contribution in [1.29, 1.82) is 0 Å². The van der Waals surface area contributed by atoms with E-state index in [-0.39, 0.29) is 10.8 Å². The third kappa shape index (κ3) is 4.96. The van der Waals surface area contributed by atoms with Crippen molar-refractivity contribution in [3.63, 3.8) is 0 Å². The van der Waals surface area contributed by atoms with E-state index in [2.05, 4.69) is 12.2 Å². The summed E-state index contributed by atoms with van der Waals surface area (Å²) in [6.07, 6.45) is 0. The van der Waals surface area contributed by atoms with Crippen LogP contribution in [0.3, 0.4) is 0 Å². The van der Waals surface area contributed by atoms with Crippen LogP contribution >= 0.6 is 0 Å². The molecule has 108 valence electrons. The molecule has 0 amide bonds. The zero-order chi connectivity index (χ0) is 14.5. The molecule has 19 heavy (non-hydrogen) atoms. The van der Waals surface area contributed by atoms with Crippen LogP contribution in [0.1, 0.15) is 39.3 Å². The van der Waals surface area contributed by atoms with Gasteiger partial charge in [-0.2, -0.15) is 0 Å². The lowest BCUT2D eigenvalue weighted by Crippen LogP contribution is -2.32. The van der Waals surface area contributed by atoms with Crippen LogP contribution in [0.4, 0.5) is 0 Å². The number of rotatable bonds is 6. The monoisotopic (exact) mass is 283 g/mol. The van der Waals surface area contributed by atoms with E-state index in [1.54, 1.807) is 7.11 Å². The van der Waals surface area contributed by atoms with Crippen molar-refractivity contribution in [2.24, 2.45) is 0 Å². The fourth-order valence-corrected chi connectivity index (χ4v) is 2.87. The number of ether oxygens (including phenoxy) is 1. The van der Waals surface area contributed by atoms with Gasteiger partial charge < -0.3 is 10.1 Å². The molecule has 1 aromatic carbocycles. The quantitative estimate of drug-likeness (QED) is 0.872. The Morgan fingerprint density at radius 2 is 1.84 bits per heavy atom. The minimum Gasteiger partial charge on any atom is -0.497 e. The molecule has 0 aliphatic heterocycles. The van der Waals surface area contributed by atoms with Gasteiger partial charge in [-0.25, -0.2) is 0 Å². The second kappa shape index (κ2) is 7.06. The third-order valence-corrected chi connectivity index (χ3v) is 4.97. The summed E-state index contributed by atoms with van der Waals surface area (Å²) in [5.74, 6) is 1.47. The predicted octanol–water partition coefficient (Wildman–Crippen LogP) is 2.89. The highest BCUT2D eigenvalue weighted by Gasteiger charge is 2.23. The van der Waals surface area contributed by atoms with Crippen molar-refractivity contribution in [3.05, 3.63) is 29.8 Å². The Kier molecular flexibility index (Phi) is 6.01. The summed E-state index contributed by atoms with van der Waals surface area (Å²) in [5, 5.41) is 3.41. The number of hydrogen-bond donors (Lipinski definition) is 1. The highest BCUT2D eigenvalue weighted by molar-refractivity contribution is 7.86. The second-order valence-corrected chi connectivity index (χ2v) is 7.76. The summed E-state index contributed by atoms with van der Waals surface area (Å²) >= 11 is 0. The molecule has 0 aliphatic carbocycles. The molecule has 1 rings (SSSR count). The van der Waals surface area contributed by atoms with Crippen molar-refractivity contribution in [2.75, 3.05) is 19.4 Å². The molecule has 0 saturated heterocycles. The molecular formula is C15H25NO2S. The van der Waals surface area contributed by atoms with Crippen molar-refractivity contribution < 1.29 is 8.95 Å². The highest BCUT2D eigenvalue weighted by atomic mass is 32.2. The molecule has 0 saturated carbocycles. The Labute approximate surface area is 119 Å². The Morgan fingerprint density at radius 3 is 2.26 bits per heavy atom. The van der Waals surface area contributed by atoms with Crippen LogP contribution in [0.2, 0.25) is 0 Å². The van der Waals surface area contributed by atoms with E-state index in [0.717, 1.165) is 17.9 Å². The van der Waals surface area contributed by atoms with E-state index < -0.39 is 10.8 Å². The summed E-state index contributed by atoms with van der Waals surface area (Å²) in [7, 11) is 0.788. The lowest BCUT2D eigenvalue weighted by atomic mass is 10.1. The minimum absolute atomic E-state index is 0.121. The Bertz CT molecular complexity index is 409. The predicted molar refractivity (Wildman–Crippen MR) is 82.2 cm³/mol. The van der Waals surface area contributed by atoms with Gasteiger partial charge in [0.25, 0.3) is 0 Å². The average molecular weight is 283 g/mol. The summed E-state index contributed by atoms with van der Waals surface area (Å²) in [6.45, 7) is 8.97. The average Bonchev–Trinajstić information content (AvgIpc) is 2.37. The van der Waals surface area contributed by atoms with Crippen LogP contribution in [-0.4, -0.2) is 28.4 Å². The van der Waals surface area contributed by atoms with Crippen LogP contribution in [0.25, 0.3) is 0 Å². The topological polar surface area (TPSA) is 38.3 Å². The van der Waals surface area contributed by atoms with E-state index >= 15 is 0 Å². The van der Waals surface area contributed by atoms with Gasteiger partial charge in [-0.05, 0) is 45.0 Å². The summed E-state index contributed by atoms with van der Waals surface area (Å²) in [5.41, 5.74) is 1.15. The van der Waals surface area contributed by atoms with E-state index in [4.69, 9.17) is 4.74 Å². The van der Waals surface area contributed by atoms with E-state index in [0.29, 0.717) is 5.75 Å². The molecule has 1 N–H and O–H groups in total. The van der Waals surface area contributed by atoms with Gasteiger partial charge in [0.15, 0.2) is 0 Å². The molecule has 2 unspecified atom stereocenters. The first-order valence-corrected chi connectivity index (χ1v) is 7.96. The molecule has 4 heteroatoms. The fourth-order valence-electron chi connectivity index (χ4n) is 1.76. The maximum absolute atomic E-state index is 12.3. The van der Waals surface area contributed by atoms with Crippen LogP contribution in [-0.2, 0) is 10.8 Å². The summed E-state index contributed by atoms with van der Waals surface area (Å²) in [4.78, 5) is 0. The summed E-state index contributed by atoms with van der Waals surface area (Å²) in [6, 6.07) is 8.08. The van der Waals surface area contributed by atoms with Gasteiger partial charge in [0, 0.05) is 27.3 Å². The molecule has 0 aromatic heterocycles. The Hall–Kier alpha value is -0.870. The number of hydrogen-bond acceptors (Lipinski definition) is 3. The first kappa shape index (κ1) is 16.2. The van der Waals surface area contributed by atoms with E-state index in [9.17, 15) is 4.21 Å². The Balaban J connectivity index is 2.84. The minimum atomic E-state index is -0.870. The van der Waals surface area contributed by atoms with Crippen LogP contribution in [0.5, 0.6) is 5.75 Å². The zero-order valence-corrected chi connectivity index (χ0v) is 13.3. The molecule has 0 heterocycles. The maximum atomic E-state index is 12.3. The van der Waals surface area contributed by atoms with Gasteiger partial charge in [0.2, 0.25) is 0 Å². The van der Waals surface area contributed by atoms with E-state index in [1.165, 1.54) is 0 Å². The lowest BCUT2D eigenvalue weighted by molar-refractivity contribution is 0.414. The maximum Gasteiger partial charge on any atom is 0.118 e. The van der Waals surface area contributed by atoms with Crippen molar-refractivity contribution in [2.45, 2.75) is 38.5 Å². The smallest absolute Gasteiger partial charge is 0.118 e. The van der Waals surface area contributed by atoms with Gasteiger partial charge in [-0.1, -0.05) is 19.1 Å². The molecule has 0 radical (unpaired) electrons. The van der Waals surface area contributed by atoms with Gasteiger partial charge in [-0.15, -0.1) is 0 Å². The Morgan fingerprint density at radius 1 is 1.26 bits per heavy atom. The summed E-state index contributed by atoms with van der Waals surface area (Å²) < 4.78 is 17.3. The molecule has 0 bridgehead atoms. The van der Waals surface area contributed by atoms with Crippen LogP contribution in [0, 0.1) is 0 Å². The number of benzene rings is 1. The van der Waals surface area contributed by atoms with Gasteiger partial charge in [0.1, 0.15) is 5.75 Å². The molecule has 0 fully saturated rings. The van der Waals surface area contributed by atoms with Crippen molar-refractivity contribution >= 4 is 10.8 Å². The molecule has 2 atom stereocenters. The number of nitrogens with one attached hydrogen (secondary N) is 1. The normalized spacial score (nSPS) is 15.0. The van der Waals surface area contributed by atoms with Crippen LogP contribution in [0.15, 0.2) is 24.3 Å². The zero-order valence-electron chi connectivity index (χ0n) is 12.5. The standard InChI is InChI=1S/C15H25NO2S/c1-6-16-14(11-19(17)15(2,3)4)12-7-9-13(18-5)10-8-12/h7-10,14,16H,6,11H2,1-5H3. The first-order valence-electron chi connectivity index (χ1n) is 6.64. The lowest BCUT2D eigenvalue weighted by Gasteiger charge is -2.24. The van der Waals surface area contributed by atoms with Gasteiger partial charge >= 0.3 is 0 Å². The molecular weight excluding hydrogens is 258 g/mol. The number of methoxy groups -OCH3 is 1. The molecule has 3 nitrogen and oxygen atoms in total.